The lowest BCUT2D eigenvalue weighted by atomic mass is 9.91. The van der Waals surface area contributed by atoms with E-state index in [4.69, 9.17) is 19.5 Å². The average Bonchev–Trinajstić information content (AvgIpc) is 3.64. The molecule has 6 rings (SSSR count). The first-order valence-electron chi connectivity index (χ1n) is 17.1. The lowest BCUT2D eigenvalue weighted by Gasteiger charge is -2.14. The molecular formula is C32H31NO. The van der Waals surface area contributed by atoms with Crippen LogP contribution in [-0.4, -0.2) is 4.98 Å². The van der Waals surface area contributed by atoms with Crippen LogP contribution in [-0.2, 0) is 6.37 Å². The molecular weight excluding hydrogens is 414 g/mol. The molecule has 0 unspecified atom stereocenters. The van der Waals surface area contributed by atoms with Gasteiger partial charge in [-0.15, -0.1) is 0 Å². The third kappa shape index (κ3) is 3.62. The number of furan rings is 1. The maximum Gasteiger partial charge on any atom is 0.144 e. The molecule has 34 heavy (non-hydrogen) atoms. The van der Waals surface area contributed by atoms with Crippen molar-refractivity contribution in [1.29, 1.82) is 0 Å². The Labute approximate surface area is 217 Å². The molecule has 2 heterocycles. The summed E-state index contributed by atoms with van der Waals surface area (Å²) in [6.07, 6.45) is 2.75. The molecule has 1 aliphatic carbocycles. The third-order valence-electron chi connectivity index (χ3n) is 6.74. The normalized spacial score (nSPS) is 20.8. The number of hydrogen-bond donors (Lipinski definition) is 0. The number of aromatic nitrogens is 1. The van der Waals surface area contributed by atoms with Gasteiger partial charge in [-0.3, -0.25) is 4.98 Å². The lowest BCUT2D eigenvalue weighted by Crippen LogP contribution is -1.99. The fourth-order valence-corrected chi connectivity index (χ4v) is 5.02. The van der Waals surface area contributed by atoms with Crippen LogP contribution in [0.1, 0.15) is 63.0 Å². The smallest absolute Gasteiger partial charge is 0.144 e. The summed E-state index contributed by atoms with van der Waals surface area (Å²) < 4.78 is 97.5. The number of para-hydroxylation sites is 2. The number of hydrogen-bond acceptors (Lipinski definition) is 2. The Balaban J connectivity index is 1.58. The van der Waals surface area contributed by atoms with E-state index in [0.29, 0.717) is 27.6 Å². The van der Waals surface area contributed by atoms with Crippen molar-refractivity contribution in [3.63, 3.8) is 0 Å². The van der Waals surface area contributed by atoms with E-state index in [1.54, 1.807) is 36.4 Å². The second kappa shape index (κ2) is 8.43. The van der Waals surface area contributed by atoms with Crippen molar-refractivity contribution >= 4 is 21.9 Å². The minimum atomic E-state index is -2.67. The molecule has 0 spiro atoms. The molecule has 1 fully saturated rings. The van der Waals surface area contributed by atoms with Gasteiger partial charge in [0.05, 0.1) is 5.69 Å². The molecule has 0 bridgehead atoms. The first-order valence-corrected chi connectivity index (χ1v) is 11.6. The highest BCUT2D eigenvalue weighted by atomic mass is 16.3. The van der Waals surface area contributed by atoms with Crippen LogP contribution in [0.3, 0.4) is 0 Å². The Morgan fingerprint density at radius 2 is 1.62 bits per heavy atom. The van der Waals surface area contributed by atoms with Crippen molar-refractivity contribution in [3.8, 4) is 22.4 Å². The number of benzene rings is 3. The van der Waals surface area contributed by atoms with E-state index < -0.39 is 26.9 Å². The van der Waals surface area contributed by atoms with Gasteiger partial charge in [0.25, 0.3) is 0 Å². The summed E-state index contributed by atoms with van der Waals surface area (Å²) in [4.78, 5) is 4.46. The number of fused-ring (bicyclic) bond motifs is 3. The zero-order chi connectivity index (χ0) is 32.5. The second-order valence-corrected chi connectivity index (χ2v) is 8.97. The van der Waals surface area contributed by atoms with Gasteiger partial charge in [-0.05, 0) is 78.4 Å². The number of nitrogens with zero attached hydrogens (tertiary/aromatic N) is 1. The van der Waals surface area contributed by atoms with Crippen LogP contribution in [0.2, 0.25) is 0 Å². The quantitative estimate of drug-likeness (QED) is 0.270. The van der Waals surface area contributed by atoms with E-state index in [2.05, 4.69) is 4.98 Å². The maximum atomic E-state index is 8.84. The SMILES string of the molecule is [2H]C([2H])([2H])c1cnc(-c2cccc3c2oc2c(C([2H])([2H])[2H])cccc23)cc1-c1ccc(C([2H])([2H])C2CCCC2)cc1C([2H])([2H])[2H]. The standard InChI is InChI=1S/C32H31NO/c1-20-8-6-11-26-27-12-7-13-28(32(27)34-31(20)26)30-18-29(22(3)19-33-30)25-15-14-24(16-21(25)2)17-23-9-4-5-10-23/h6-8,11-16,18-19,23H,4-5,9-10,17H2,1-3H3/i1D3,2D3,3D3,17D2. The Bertz CT molecular complexity index is 1910. The van der Waals surface area contributed by atoms with Gasteiger partial charge in [0.1, 0.15) is 11.2 Å². The summed E-state index contributed by atoms with van der Waals surface area (Å²) in [5, 5.41) is 1.26. The van der Waals surface area contributed by atoms with Crippen LogP contribution in [0.15, 0.2) is 71.3 Å². The van der Waals surface area contributed by atoms with Crippen LogP contribution in [0.4, 0.5) is 0 Å². The van der Waals surface area contributed by atoms with Crippen molar-refractivity contribution in [2.45, 2.75) is 52.6 Å². The van der Waals surface area contributed by atoms with E-state index >= 15 is 0 Å². The van der Waals surface area contributed by atoms with Crippen LogP contribution in [0, 0.1) is 26.5 Å². The average molecular weight is 457 g/mol. The highest BCUT2D eigenvalue weighted by Gasteiger charge is 2.18. The highest BCUT2D eigenvalue weighted by Crippen LogP contribution is 2.38. The Morgan fingerprint density at radius 3 is 2.44 bits per heavy atom. The van der Waals surface area contributed by atoms with Gasteiger partial charge < -0.3 is 4.42 Å². The van der Waals surface area contributed by atoms with Crippen LogP contribution in [0.5, 0.6) is 0 Å². The summed E-state index contributed by atoms with van der Waals surface area (Å²) in [5.74, 6) is -0.228. The minimum absolute atomic E-state index is 0.0634. The second-order valence-electron chi connectivity index (χ2n) is 8.97. The van der Waals surface area contributed by atoms with Gasteiger partial charge in [0.2, 0.25) is 0 Å². The van der Waals surface area contributed by atoms with Crippen molar-refractivity contribution in [3.05, 3.63) is 89.1 Å². The predicted molar refractivity (Wildman–Crippen MR) is 142 cm³/mol. The molecule has 2 heteroatoms. The summed E-state index contributed by atoms with van der Waals surface area (Å²) in [6, 6.07) is 16.2. The van der Waals surface area contributed by atoms with E-state index in [1.165, 1.54) is 30.5 Å². The fraction of sp³-hybridized carbons (Fsp3) is 0.281. The minimum Gasteiger partial charge on any atom is -0.455 e. The zero-order valence-electron chi connectivity index (χ0n) is 29.6. The first kappa shape index (κ1) is 12.4. The van der Waals surface area contributed by atoms with Gasteiger partial charge in [-0.25, -0.2) is 0 Å². The van der Waals surface area contributed by atoms with Crippen molar-refractivity contribution in [1.82, 2.24) is 4.98 Å². The summed E-state index contributed by atoms with van der Waals surface area (Å²) >= 11 is 0. The van der Waals surface area contributed by atoms with Gasteiger partial charge in [-0.2, -0.15) is 0 Å². The summed E-state index contributed by atoms with van der Waals surface area (Å²) in [5.41, 5.74) is 1.67. The largest absolute Gasteiger partial charge is 0.455 e. The molecule has 0 atom stereocenters. The molecule has 5 aromatic rings. The van der Waals surface area contributed by atoms with E-state index in [-0.39, 0.29) is 44.9 Å². The van der Waals surface area contributed by atoms with E-state index in [9.17, 15) is 0 Å². The number of rotatable bonds is 4. The van der Waals surface area contributed by atoms with Crippen molar-refractivity contribution in [2.24, 2.45) is 5.92 Å². The molecule has 3 aromatic carbocycles. The monoisotopic (exact) mass is 456 g/mol. The van der Waals surface area contributed by atoms with Gasteiger partial charge in [0.15, 0.2) is 0 Å². The van der Waals surface area contributed by atoms with Crippen molar-refractivity contribution < 1.29 is 19.5 Å². The molecule has 2 nitrogen and oxygen atoms in total. The fourth-order valence-electron chi connectivity index (χ4n) is 5.02. The first-order chi connectivity index (χ1) is 21.0. The molecule has 0 N–H and O–H groups in total. The Morgan fingerprint density at radius 1 is 0.824 bits per heavy atom. The Hall–Kier alpha value is -3.39. The number of aryl methyl sites for hydroxylation is 3. The third-order valence-corrected chi connectivity index (χ3v) is 6.74. The molecule has 1 saturated carbocycles. The van der Waals surface area contributed by atoms with E-state index in [0.717, 1.165) is 25.7 Å². The molecule has 0 saturated heterocycles. The summed E-state index contributed by atoms with van der Waals surface area (Å²) in [6.45, 7) is -7.72. The predicted octanol–water partition coefficient (Wildman–Crippen LogP) is 8.97. The maximum absolute atomic E-state index is 8.84. The van der Waals surface area contributed by atoms with Crippen LogP contribution < -0.4 is 0 Å². The molecule has 1 aliphatic rings. The van der Waals surface area contributed by atoms with Gasteiger partial charge in [-0.1, -0.05) is 74.2 Å². The molecule has 0 radical (unpaired) electrons. The van der Waals surface area contributed by atoms with Crippen molar-refractivity contribution in [2.75, 3.05) is 0 Å². The summed E-state index contributed by atoms with van der Waals surface area (Å²) in [7, 11) is 0. The molecule has 170 valence electrons. The molecule has 0 amide bonds. The zero-order valence-corrected chi connectivity index (χ0v) is 18.6. The highest BCUT2D eigenvalue weighted by molar-refractivity contribution is 6.10. The molecule has 0 aliphatic heterocycles. The van der Waals surface area contributed by atoms with Crippen LogP contribution in [0.25, 0.3) is 44.3 Å². The Kier molecular flexibility index (Phi) is 3.06. The molecule has 2 aromatic heterocycles. The number of pyridine rings is 1. The topological polar surface area (TPSA) is 26.0 Å². The van der Waals surface area contributed by atoms with E-state index in [1.807, 2.05) is 0 Å². The van der Waals surface area contributed by atoms with Gasteiger partial charge in [0, 0.05) is 37.6 Å². The lowest BCUT2D eigenvalue weighted by molar-refractivity contribution is 0.546. The van der Waals surface area contributed by atoms with Crippen LogP contribution >= 0.6 is 0 Å². The van der Waals surface area contributed by atoms with Gasteiger partial charge >= 0.3 is 0 Å².